The SMILES string of the molecule is COc1ccccc1NC(=O)/C(C#N)=C/c1sc(Oc2ccccc2)nc1Cl. The number of thiazole rings is 1. The lowest BCUT2D eigenvalue weighted by atomic mass is 10.2. The van der Waals surface area contributed by atoms with Crippen LogP contribution >= 0.6 is 22.9 Å². The van der Waals surface area contributed by atoms with Crippen molar-refractivity contribution < 1.29 is 14.3 Å². The molecule has 0 aliphatic carbocycles. The highest BCUT2D eigenvalue weighted by Gasteiger charge is 2.15. The lowest BCUT2D eigenvalue weighted by Gasteiger charge is -2.08. The molecule has 3 rings (SSSR count). The summed E-state index contributed by atoms with van der Waals surface area (Å²) in [5.74, 6) is 0.516. The van der Waals surface area contributed by atoms with Gasteiger partial charge in [0, 0.05) is 0 Å². The van der Waals surface area contributed by atoms with Crippen molar-refractivity contribution in [1.29, 1.82) is 5.26 Å². The van der Waals surface area contributed by atoms with E-state index in [2.05, 4.69) is 10.3 Å². The molecule has 1 aromatic heterocycles. The second kappa shape index (κ2) is 9.04. The van der Waals surface area contributed by atoms with Crippen molar-refractivity contribution in [3.05, 3.63) is 70.2 Å². The Morgan fingerprint density at radius 1 is 1.21 bits per heavy atom. The molecule has 0 fully saturated rings. The zero-order valence-electron chi connectivity index (χ0n) is 14.7. The number of carbonyl (C=O) groups excluding carboxylic acids is 1. The van der Waals surface area contributed by atoms with Crippen LogP contribution in [0.4, 0.5) is 5.69 Å². The molecule has 0 aliphatic rings. The summed E-state index contributed by atoms with van der Waals surface area (Å²) >= 11 is 7.27. The van der Waals surface area contributed by atoms with E-state index in [1.807, 2.05) is 24.3 Å². The fourth-order valence-corrected chi connectivity index (χ4v) is 3.30. The number of benzene rings is 2. The Kier molecular flexibility index (Phi) is 6.27. The largest absolute Gasteiger partial charge is 0.495 e. The Morgan fingerprint density at radius 2 is 1.93 bits per heavy atom. The van der Waals surface area contributed by atoms with Crippen molar-refractivity contribution in [2.24, 2.45) is 0 Å². The zero-order chi connectivity index (χ0) is 19.9. The van der Waals surface area contributed by atoms with Crippen LogP contribution in [-0.4, -0.2) is 18.0 Å². The molecule has 0 spiro atoms. The van der Waals surface area contributed by atoms with Crippen LogP contribution in [0.1, 0.15) is 4.88 Å². The highest BCUT2D eigenvalue weighted by atomic mass is 35.5. The van der Waals surface area contributed by atoms with Crippen LogP contribution < -0.4 is 14.8 Å². The molecule has 1 N–H and O–H groups in total. The molecule has 3 aromatic rings. The molecule has 0 saturated carbocycles. The number of halogens is 1. The topological polar surface area (TPSA) is 84.2 Å². The maximum Gasteiger partial charge on any atom is 0.280 e. The summed E-state index contributed by atoms with van der Waals surface area (Å²) < 4.78 is 10.8. The van der Waals surface area contributed by atoms with E-state index in [4.69, 9.17) is 21.1 Å². The van der Waals surface area contributed by atoms with Crippen molar-refractivity contribution in [2.45, 2.75) is 0 Å². The molecule has 0 radical (unpaired) electrons. The number of nitrogens with zero attached hydrogens (tertiary/aromatic N) is 2. The van der Waals surface area contributed by atoms with E-state index in [0.717, 1.165) is 11.3 Å². The number of hydrogen-bond donors (Lipinski definition) is 1. The number of rotatable bonds is 6. The minimum absolute atomic E-state index is 0.122. The van der Waals surface area contributed by atoms with Gasteiger partial charge in [-0.05, 0) is 30.3 Å². The monoisotopic (exact) mass is 411 g/mol. The predicted molar refractivity (Wildman–Crippen MR) is 109 cm³/mol. The first-order chi connectivity index (χ1) is 13.6. The Bertz CT molecular complexity index is 1060. The van der Waals surface area contributed by atoms with Crippen molar-refractivity contribution in [3.63, 3.8) is 0 Å². The second-order valence-corrected chi connectivity index (χ2v) is 6.73. The number of anilines is 1. The van der Waals surface area contributed by atoms with Gasteiger partial charge in [0.1, 0.15) is 23.1 Å². The second-order valence-electron chi connectivity index (χ2n) is 5.37. The molecule has 8 heteroatoms. The van der Waals surface area contributed by atoms with Crippen LogP contribution in [0.2, 0.25) is 5.15 Å². The third-order valence-electron chi connectivity index (χ3n) is 3.53. The van der Waals surface area contributed by atoms with E-state index in [-0.39, 0.29) is 10.7 Å². The molecule has 0 aliphatic heterocycles. The van der Waals surface area contributed by atoms with Gasteiger partial charge in [0.25, 0.3) is 11.1 Å². The van der Waals surface area contributed by atoms with Crippen molar-refractivity contribution in [2.75, 3.05) is 12.4 Å². The molecule has 1 heterocycles. The summed E-state index contributed by atoms with van der Waals surface area (Å²) in [4.78, 5) is 17.0. The van der Waals surface area contributed by atoms with E-state index in [1.54, 1.807) is 36.4 Å². The average molecular weight is 412 g/mol. The first kappa shape index (κ1) is 19.4. The van der Waals surface area contributed by atoms with Crippen molar-refractivity contribution in [1.82, 2.24) is 4.98 Å². The number of hydrogen-bond acceptors (Lipinski definition) is 6. The van der Waals surface area contributed by atoms with Gasteiger partial charge in [0.05, 0.1) is 17.7 Å². The fourth-order valence-electron chi connectivity index (χ4n) is 2.23. The van der Waals surface area contributed by atoms with Crippen molar-refractivity contribution in [3.8, 4) is 22.8 Å². The average Bonchev–Trinajstić information content (AvgIpc) is 3.05. The summed E-state index contributed by atoms with van der Waals surface area (Å²) in [6.07, 6.45) is 1.38. The number of methoxy groups -OCH3 is 1. The molecule has 0 atom stereocenters. The van der Waals surface area contributed by atoms with Gasteiger partial charge in [-0.25, -0.2) is 0 Å². The van der Waals surface area contributed by atoms with Gasteiger partial charge in [-0.2, -0.15) is 10.2 Å². The number of ether oxygens (including phenoxy) is 2. The summed E-state index contributed by atoms with van der Waals surface area (Å²) in [5, 5.41) is 12.5. The third-order valence-corrected chi connectivity index (χ3v) is 4.81. The number of nitriles is 1. The summed E-state index contributed by atoms with van der Waals surface area (Å²) in [7, 11) is 1.50. The minimum atomic E-state index is -0.581. The molecular formula is C20H14ClN3O3S. The van der Waals surface area contributed by atoms with Gasteiger partial charge < -0.3 is 14.8 Å². The van der Waals surface area contributed by atoms with Gasteiger partial charge in [-0.1, -0.05) is 53.3 Å². The van der Waals surface area contributed by atoms with E-state index in [0.29, 0.717) is 27.3 Å². The van der Waals surface area contributed by atoms with Crippen LogP contribution in [0.15, 0.2) is 60.2 Å². The van der Waals surface area contributed by atoms with Crippen LogP contribution in [-0.2, 0) is 4.79 Å². The minimum Gasteiger partial charge on any atom is -0.495 e. The van der Waals surface area contributed by atoms with Gasteiger partial charge >= 0.3 is 0 Å². The molecule has 6 nitrogen and oxygen atoms in total. The number of carbonyl (C=O) groups is 1. The Morgan fingerprint density at radius 3 is 2.64 bits per heavy atom. The first-order valence-electron chi connectivity index (χ1n) is 8.06. The molecule has 0 saturated heterocycles. The Hall–Kier alpha value is -3.34. The van der Waals surface area contributed by atoms with E-state index in [1.165, 1.54) is 13.2 Å². The third kappa shape index (κ3) is 4.68. The van der Waals surface area contributed by atoms with E-state index in [9.17, 15) is 10.1 Å². The number of para-hydroxylation sites is 3. The Labute approximate surface area is 170 Å². The Balaban J connectivity index is 1.80. The number of aromatic nitrogens is 1. The van der Waals surface area contributed by atoms with Crippen LogP contribution in [0, 0.1) is 11.3 Å². The molecule has 2 aromatic carbocycles. The molecule has 140 valence electrons. The number of amides is 1. The maximum atomic E-state index is 12.5. The van der Waals surface area contributed by atoms with Gasteiger partial charge in [0.2, 0.25) is 0 Å². The highest BCUT2D eigenvalue weighted by molar-refractivity contribution is 7.14. The molecule has 0 bridgehead atoms. The summed E-state index contributed by atoms with van der Waals surface area (Å²) in [6, 6.07) is 17.9. The van der Waals surface area contributed by atoms with Gasteiger partial charge in [-0.15, -0.1) is 0 Å². The normalized spacial score (nSPS) is 10.8. The molecular weight excluding hydrogens is 398 g/mol. The van der Waals surface area contributed by atoms with Crippen molar-refractivity contribution >= 4 is 40.6 Å². The predicted octanol–water partition coefficient (Wildman–Crippen LogP) is 5.14. The van der Waals surface area contributed by atoms with Crippen LogP contribution in [0.25, 0.3) is 6.08 Å². The highest BCUT2D eigenvalue weighted by Crippen LogP contribution is 2.33. The van der Waals surface area contributed by atoms with Crippen LogP contribution in [0.5, 0.6) is 16.7 Å². The number of nitrogens with one attached hydrogen (secondary N) is 1. The zero-order valence-corrected chi connectivity index (χ0v) is 16.3. The fraction of sp³-hybridized carbons (Fsp3) is 0.0500. The quantitative estimate of drug-likeness (QED) is 0.448. The van der Waals surface area contributed by atoms with Gasteiger partial charge in [0.15, 0.2) is 5.15 Å². The summed E-state index contributed by atoms with van der Waals surface area (Å²) in [6.45, 7) is 0. The molecule has 1 amide bonds. The van der Waals surface area contributed by atoms with E-state index < -0.39 is 5.91 Å². The standard InChI is InChI=1S/C20H14ClN3O3S/c1-26-16-10-6-5-9-15(16)23-19(25)13(12-22)11-17-18(21)24-20(28-17)27-14-7-3-2-4-8-14/h2-11H,1H3,(H,23,25)/b13-11+. The summed E-state index contributed by atoms with van der Waals surface area (Å²) in [5.41, 5.74) is 0.336. The maximum absolute atomic E-state index is 12.5. The van der Waals surface area contributed by atoms with E-state index >= 15 is 0 Å². The molecule has 28 heavy (non-hydrogen) atoms. The lowest BCUT2D eigenvalue weighted by Crippen LogP contribution is -2.14. The van der Waals surface area contributed by atoms with Crippen LogP contribution in [0.3, 0.4) is 0 Å². The smallest absolute Gasteiger partial charge is 0.280 e. The molecule has 0 unspecified atom stereocenters. The van der Waals surface area contributed by atoms with Gasteiger partial charge in [-0.3, -0.25) is 4.79 Å². The first-order valence-corrected chi connectivity index (χ1v) is 9.25. The lowest BCUT2D eigenvalue weighted by molar-refractivity contribution is -0.112.